The van der Waals surface area contributed by atoms with Gasteiger partial charge in [-0.05, 0) is 89.0 Å². The lowest BCUT2D eigenvalue weighted by Crippen LogP contribution is -2.45. The third-order valence-corrected chi connectivity index (χ3v) is 10.8. The normalized spacial score (nSPS) is 15.6. The Kier molecular flexibility index (Phi) is 8.05. The summed E-state index contributed by atoms with van der Waals surface area (Å²) >= 11 is 0. The van der Waals surface area contributed by atoms with Gasteiger partial charge in [-0.3, -0.25) is 5.32 Å². The summed E-state index contributed by atoms with van der Waals surface area (Å²) < 4.78 is 0. The molecule has 2 atom stereocenters. The van der Waals surface area contributed by atoms with Gasteiger partial charge in [0, 0.05) is 5.56 Å². The van der Waals surface area contributed by atoms with Crippen molar-refractivity contribution < 1.29 is 0 Å². The summed E-state index contributed by atoms with van der Waals surface area (Å²) in [7, 11) is 0. The van der Waals surface area contributed by atoms with Crippen LogP contribution in [0.5, 0.6) is 0 Å². The van der Waals surface area contributed by atoms with Crippen LogP contribution in [0.15, 0.2) is 205 Å². The van der Waals surface area contributed by atoms with Gasteiger partial charge in [0.05, 0.1) is 0 Å². The number of hydrogen-bond donors (Lipinski definition) is 2. The quantitative estimate of drug-likeness (QED) is 0.134. The molecular formula is C51H37N3. The topological polar surface area (TPSA) is 36.4 Å². The molecule has 2 unspecified atom stereocenters. The molecule has 0 aliphatic carbocycles. The van der Waals surface area contributed by atoms with E-state index < -0.39 is 0 Å². The lowest BCUT2D eigenvalue weighted by Gasteiger charge is -2.34. The maximum absolute atomic E-state index is 5.66. The molecule has 10 rings (SSSR count). The van der Waals surface area contributed by atoms with Crippen LogP contribution in [0.25, 0.3) is 65.7 Å². The van der Waals surface area contributed by atoms with Gasteiger partial charge in [0.2, 0.25) is 0 Å². The number of nitrogens with one attached hydrogen (secondary N) is 2. The number of aliphatic imine (C=N–C) groups is 1. The standard InChI is InChI=1S/C51H37N3/c1-4-16-34(17-5-1)38-29-31-45(46(32-38)36-20-8-3-9-21-36)50-52-49(44-27-15-14-24-40(44)35-18-6-2-7-19-35)53-51(54-50)48-42-26-13-11-23-39(42)33-47-41-25-12-10-22-37(41)28-30-43(47)48/h1-33,49-50,52H,(H,53,54). The molecule has 3 heteroatoms. The van der Waals surface area contributed by atoms with Crippen molar-refractivity contribution in [2.24, 2.45) is 4.99 Å². The molecule has 9 aromatic rings. The Hall–Kier alpha value is -6.81. The number of benzene rings is 9. The summed E-state index contributed by atoms with van der Waals surface area (Å²) in [6, 6.07) is 71.8. The lowest BCUT2D eigenvalue weighted by atomic mass is 9.90. The van der Waals surface area contributed by atoms with Crippen LogP contribution in [0.1, 0.15) is 29.0 Å². The van der Waals surface area contributed by atoms with Gasteiger partial charge in [-0.2, -0.15) is 0 Å². The van der Waals surface area contributed by atoms with Crippen molar-refractivity contribution in [2.75, 3.05) is 0 Å². The molecule has 3 nitrogen and oxygen atoms in total. The Labute approximate surface area is 315 Å². The molecule has 0 radical (unpaired) electrons. The molecule has 1 aliphatic heterocycles. The molecular weight excluding hydrogens is 655 g/mol. The van der Waals surface area contributed by atoms with Gasteiger partial charge in [-0.25, -0.2) is 4.99 Å². The summed E-state index contributed by atoms with van der Waals surface area (Å²) in [6.45, 7) is 0. The second kappa shape index (κ2) is 13.6. The second-order valence-electron chi connectivity index (χ2n) is 14.0. The largest absolute Gasteiger partial charge is 0.350 e. The number of rotatable bonds is 6. The highest BCUT2D eigenvalue weighted by Crippen LogP contribution is 2.40. The molecule has 0 saturated carbocycles. The first-order valence-electron chi connectivity index (χ1n) is 18.6. The van der Waals surface area contributed by atoms with E-state index in [-0.39, 0.29) is 12.3 Å². The van der Waals surface area contributed by atoms with Crippen LogP contribution in [-0.4, -0.2) is 5.84 Å². The Bertz CT molecular complexity index is 2830. The van der Waals surface area contributed by atoms with E-state index in [1.54, 1.807) is 0 Å². The lowest BCUT2D eigenvalue weighted by molar-refractivity contribution is 0.410. The Balaban J connectivity index is 1.23. The summed E-state index contributed by atoms with van der Waals surface area (Å²) in [5.41, 5.74) is 10.4. The maximum Gasteiger partial charge on any atom is 0.133 e. The van der Waals surface area contributed by atoms with Crippen molar-refractivity contribution >= 4 is 38.2 Å². The molecule has 0 fully saturated rings. The minimum atomic E-state index is -0.357. The highest BCUT2D eigenvalue weighted by Gasteiger charge is 2.30. The molecule has 9 aromatic carbocycles. The number of nitrogens with zero attached hydrogens (tertiary/aromatic N) is 1. The smallest absolute Gasteiger partial charge is 0.133 e. The molecule has 0 spiro atoms. The van der Waals surface area contributed by atoms with E-state index in [4.69, 9.17) is 4.99 Å². The predicted octanol–water partition coefficient (Wildman–Crippen LogP) is 12.5. The summed E-state index contributed by atoms with van der Waals surface area (Å²) in [4.78, 5) is 5.66. The van der Waals surface area contributed by atoms with Gasteiger partial charge >= 0.3 is 0 Å². The van der Waals surface area contributed by atoms with Gasteiger partial charge in [0.1, 0.15) is 18.2 Å². The molecule has 1 heterocycles. The molecule has 0 aromatic heterocycles. The van der Waals surface area contributed by atoms with Gasteiger partial charge in [-0.15, -0.1) is 0 Å². The van der Waals surface area contributed by atoms with Crippen molar-refractivity contribution in [2.45, 2.75) is 12.3 Å². The molecule has 0 saturated heterocycles. The zero-order valence-corrected chi connectivity index (χ0v) is 29.7. The van der Waals surface area contributed by atoms with E-state index in [1.165, 1.54) is 60.1 Å². The first-order valence-corrected chi connectivity index (χ1v) is 18.6. The fourth-order valence-electron chi connectivity index (χ4n) is 8.18. The second-order valence-corrected chi connectivity index (χ2v) is 14.0. The number of fused-ring (bicyclic) bond motifs is 4. The molecule has 1 aliphatic rings. The molecule has 0 amide bonds. The van der Waals surface area contributed by atoms with E-state index in [1.807, 2.05) is 0 Å². The average Bonchev–Trinajstić information content (AvgIpc) is 3.26. The average molecular weight is 692 g/mol. The third-order valence-electron chi connectivity index (χ3n) is 10.8. The van der Waals surface area contributed by atoms with Gasteiger partial charge in [0.15, 0.2) is 0 Å². The maximum atomic E-state index is 5.66. The van der Waals surface area contributed by atoms with E-state index in [9.17, 15) is 0 Å². The fraction of sp³-hybridized carbons (Fsp3) is 0.0392. The van der Waals surface area contributed by atoms with E-state index in [0.29, 0.717) is 0 Å². The van der Waals surface area contributed by atoms with Crippen molar-refractivity contribution in [3.63, 3.8) is 0 Å². The minimum Gasteiger partial charge on any atom is -0.350 e. The first-order chi connectivity index (χ1) is 26.8. The Morgan fingerprint density at radius 3 is 1.74 bits per heavy atom. The Morgan fingerprint density at radius 1 is 0.370 bits per heavy atom. The van der Waals surface area contributed by atoms with Crippen molar-refractivity contribution in [3.8, 4) is 33.4 Å². The predicted molar refractivity (Wildman–Crippen MR) is 226 cm³/mol. The summed E-state index contributed by atoms with van der Waals surface area (Å²) in [5, 5.41) is 15.2. The highest BCUT2D eigenvalue weighted by atomic mass is 15.3. The van der Waals surface area contributed by atoms with E-state index in [0.717, 1.165) is 28.1 Å². The minimum absolute atomic E-state index is 0.245. The SMILES string of the molecule is c1ccc(-c2ccc(C3N=C(c4c5ccccc5cc5c4ccc4ccccc45)NC(c4ccccc4-c4ccccc4)N3)c(-c3ccccc3)c2)cc1. The summed E-state index contributed by atoms with van der Waals surface area (Å²) in [6.07, 6.45) is -0.601. The Morgan fingerprint density at radius 2 is 0.981 bits per heavy atom. The number of hydrogen-bond acceptors (Lipinski definition) is 3. The first kappa shape index (κ1) is 31.9. The highest BCUT2D eigenvalue weighted by molar-refractivity contribution is 6.24. The molecule has 2 N–H and O–H groups in total. The van der Waals surface area contributed by atoms with Crippen LogP contribution in [0, 0.1) is 0 Å². The third kappa shape index (κ3) is 5.72. The summed E-state index contributed by atoms with van der Waals surface area (Å²) in [5.74, 6) is 0.870. The number of amidine groups is 1. The van der Waals surface area contributed by atoms with Crippen molar-refractivity contribution in [1.82, 2.24) is 10.6 Å². The van der Waals surface area contributed by atoms with Crippen molar-refractivity contribution in [1.29, 1.82) is 0 Å². The van der Waals surface area contributed by atoms with Crippen LogP contribution >= 0.6 is 0 Å². The van der Waals surface area contributed by atoms with Gasteiger partial charge in [-0.1, -0.05) is 188 Å². The monoisotopic (exact) mass is 691 g/mol. The van der Waals surface area contributed by atoms with Crippen LogP contribution in [0.2, 0.25) is 0 Å². The van der Waals surface area contributed by atoms with Crippen LogP contribution in [-0.2, 0) is 0 Å². The van der Waals surface area contributed by atoms with Gasteiger partial charge in [0.25, 0.3) is 0 Å². The fourth-order valence-corrected chi connectivity index (χ4v) is 8.18. The molecule has 54 heavy (non-hydrogen) atoms. The molecule has 0 bridgehead atoms. The van der Waals surface area contributed by atoms with Crippen LogP contribution < -0.4 is 10.6 Å². The van der Waals surface area contributed by atoms with Crippen LogP contribution in [0.4, 0.5) is 0 Å². The van der Waals surface area contributed by atoms with Crippen molar-refractivity contribution in [3.05, 3.63) is 217 Å². The van der Waals surface area contributed by atoms with E-state index in [2.05, 4.69) is 211 Å². The van der Waals surface area contributed by atoms with Gasteiger partial charge < -0.3 is 5.32 Å². The zero-order chi connectivity index (χ0) is 35.8. The van der Waals surface area contributed by atoms with E-state index >= 15 is 0 Å². The molecule has 256 valence electrons. The van der Waals surface area contributed by atoms with Crippen LogP contribution in [0.3, 0.4) is 0 Å². The zero-order valence-electron chi connectivity index (χ0n) is 29.7.